The Morgan fingerprint density at radius 3 is 1.98 bits per heavy atom. The van der Waals surface area contributed by atoms with Gasteiger partial charge in [-0.3, -0.25) is 4.98 Å². The third-order valence-corrected chi connectivity index (χ3v) is 8.80. The van der Waals surface area contributed by atoms with Crippen molar-refractivity contribution in [2.75, 3.05) is 36.0 Å². The molecule has 0 N–H and O–H groups in total. The smallest absolute Gasteiger partial charge is 0.350 e. The van der Waals surface area contributed by atoms with Crippen LogP contribution in [0.3, 0.4) is 0 Å². The van der Waals surface area contributed by atoms with Gasteiger partial charge in [-0.2, -0.15) is 13.9 Å². The van der Waals surface area contributed by atoms with Crippen molar-refractivity contribution in [3.05, 3.63) is 131 Å². The van der Waals surface area contributed by atoms with Crippen molar-refractivity contribution in [1.82, 2.24) is 39.5 Å². The molecule has 0 aliphatic carbocycles. The Morgan fingerprint density at radius 1 is 0.796 bits per heavy atom. The molecule has 0 unspecified atom stereocenters. The third kappa shape index (κ3) is 6.38. The van der Waals surface area contributed by atoms with Gasteiger partial charge in [-0.25, -0.2) is 27.5 Å². The SMILES string of the molecule is Cn1ncn(-c2ccc(N3CCN(c4ccc(-c5ccc(C(F)(F)[C@H](Cn6cnnn6)c6ccc(F)cc6F)nc5)cc4)CC3)cc2)c1=O. The molecule has 1 aliphatic heterocycles. The van der Waals surface area contributed by atoms with Crippen molar-refractivity contribution in [3.63, 3.8) is 0 Å². The van der Waals surface area contributed by atoms with Crippen LogP contribution >= 0.6 is 0 Å². The second-order valence-corrected chi connectivity index (χ2v) is 11.7. The number of benzene rings is 3. The minimum absolute atomic E-state index is 0.203. The normalized spacial score (nSPS) is 14.3. The standard InChI is InChI=1S/C34H30F4N10O/c1-44-33(49)48(22-41-44)28-10-8-27(9-11-28)46-16-14-45(15-17-46)26-6-2-23(3-7-26)24-4-13-32(39-19-24)34(37,38)30(20-47-21-40-42-43-47)29-12-5-25(35)18-31(29)36/h2-13,18-19,21-22,30H,14-17,20H2,1H3/t30-/m1/s1. The van der Waals surface area contributed by atoms with Crippen molar-refractivity contribution >= 4 is 11.4 Å². The molecule has 1 atom stereocenters. The Hall–Kier alpha value is -5.86. The summed E-state index contributed by atoms with van der Waals surface area (Å²) in [5, 5.41) is 14.6. The first-order valence-corrected chi connectivity index (χ1v) is 15.5. The molecule has 4 heterocycles. The summed E-state index contributed by atoms with van der Waals surface area (Å²) < 4.78 is 64.2. The van der Waals surface area contributed by atoms with E-state index in [1.807, 2.05) is 48.5 Å². The lowest BCUT2D eigenvalue weighted by molar-refractivity contribution is -0.0455. The van der Waals surface area contributed by atoms with Crippen LogP contribution in [0.25, 0.3) is 16.8 Å². The monoisotopic (exact) mass is 670 g/mol. The van der Waals surface area contributed by atoms with Gasteiger partial charge >= 0.3 is 5.69 Å². The summed E-state index contributed by atoms with van der Waals surface area (Å²) in [6.45, 7) is 2.76. The molecule has 0 amide bonds. The summed E-state index contributed by atoms with van der Waals surface area (Å²) in [6, 6.07) is 21.0. The van der Waals surface area contributed by atoms with Crippen LogP contribution in [0, 0.1) is 11.6 Å². The number of nitrogens with zero attached hydrogens (tertiary/aromatic N) is 10. The molecule has 0 saturated carbocycles. The third-order valence-electron chi connectivity index (χ3n) is 8.80. The average molecular weight is 671 g/mol. The highest BCUT2D eigenvalue weighted by Gasteiger charge is 2.45. The summed E-state index contributed by atoms with van der Waals surface area (Å²) in [5.74, 6) is -7.36. The zero-order valence-corrected chi connectivity index (χ0v) is 26.2. The van der Waals surface area contributed by atoms with Crippen LogP contribution in [-0.2, 0) is 19.5 Å². The predicted octanol–water partition coefficient (Wildman–Crippen LogP) is 4.80. The highest BCUT2D eigenvalue weighted by Crippen LogP contribution is 2.43. The molecule has 11 nitrogen and oxygen atoms in total. The summed E-state index contributed by atoms with van der Waals surface area (Å²) in [6.07, 6.45) is 4.02. The summed E-state index contributed by atoms with van der Waals surface area (Å²) in [4.78, 5) is 20.9. The molecule has 6 aromatic rings. The van der Waals surface area contributed by atoms with Gasteiger partial charge in [0, 0.05) is 62.4 Å². The first-order chi connectivity index (χ1) is 23.7. The van der Waals surface area contributed by atoms with Gasteiger partial charge in [0.25, 0.3) is 5.92 Å². The lowest BCUT2D eigenvalue weighted by Gasteiger charge is -2.37. The van der Waals surface area contributed by atoms with Gasteiger partial charge in [-0.1, -0.05) is 24.3 Å². The van der Waals surface area contributed by atoms with E-state index < -0.39 is 35.7 Å². The molecule has 3 aromatic heterocycles. The van der Waals surface area contributed by atoms with Crippen LogP contribution in [0.2, 0.25) is 0 Å². The number of rotatable bonds is 9. The molecule has 0 bridgehead atoms. The molecular weight excluding hydrogens is 640 g/mol. The molecule has 3 aromatic carbocycles. The molecule has 15 heteroatoms. The maximum absolute atomic E-state index is 16.0. The molecule has 1 aliphatic rings. The maximum Gasteiger partial charge on any atom is 0.350 e. The molecule has 1 saturated heterocycles. The molecule has 0 spiro atoms. The lowest BCUT2D eigenvalue weighted by atomic mass is 9.89. The van der Waals surface area contributed by atoms with E-state index in [0.717, 1.165) is 71.9 Å². The van der Waals surface area contributed by atoms with Gasteiger partial charge in [0.05, 0.1) is 18.2 Å². The van der Waals surface area contributed by atoms with Crippen molar-refractivity contribution in [2.45, 2.75) is 18.4 Å². The maximum atomic E-state index is 16.0. The van der Waals surface area contributed by atoms with Crippen molar-refractivity contribution < 1.29 is 17.6 Å². The largest absolute Gasteiger partial charge is 0.368 e. The number of aromatic nitrogens is 8. The summed E-state index contributed by atoms with van der Waals surface area (Å²) >= 11 is 0. The minimum atomic E-state index is -3.64. The first-order valence-electron chi connectivity index (χ1n) is 15.5. The summed E-state index contributed by atoms with van der Waals surface area (Å²) in [5.41, 5.74) is 3.16. The van der Waals surface area contributed by atoms with Crippen LogP contribution in [0.4, 0.5) is 28.9 Å². The quantitative estimate of drug-likeness (QED) is 0.202. The minimum Gasteiger partial charge on any atom is -0.368 e. The fourth-order valence-electron chi connectivity index (χ4n) is 6.06. The van der Waals surface area contributed by atoms with Crippen LogP contribution in [0.5, 0.6) is 0 Å². The van der Waals surface area contributed by atoms with E-state index in [0.29, 0.717) is 11.6 Å². The fourth-order valence-corrected chi connectivity index (χ4v) is 6.06. The van der Waals surface area contributed by atoms with Crippen LogP contribution in [-0.4, -0.2) is 65.7 Å². The zero-order chi connectivity index (χ0) is 34.1. The highest BCUT2D eigenvalue weighted by atomic mass is 19.3. The number of pyridine rings is 1. The van der Waals surface area contributed by atoms with E-state index >= 15 is 8.78 Å². The van der Waals surface area contributed by atoms with E-state index in [4.69, 9.17) is 0 Å². The average Bonchev–Trinajstić information content (AvgIpc) is 3.77. The Balaban J connectivity index is 1.01. The van der Waals surface area contributed by atoms with E-state index in [9.17, 15) is 13.6 Å². The number of hydrogen-bond acceptors (Lipinski definition) is 8. The highest BCUT2D eigenvalue weighted by molar-refractivity contribution is 5.66. The van der Waals surface area contributed by atoms with Gasteiger partial charge in [-0.15, -0.1) is 5.10 Å². The van der Waals surface area contributed by atoms with Gasteiger partial charge in [-0.05, 0) is 70.1 Å². The predicted molar refractivity (Wildman–Crippen MR) is 174 cm³/mol. The van der Waals surface area contributed by atoms with Gasteiger partial charge in [0.15, 0.2) is 0 Å². The molecule has 1 fully saturated rings. The van der Waals surface area contributed by atoms with E-state index in [-0.39, 0.29) is 11.3 Å². The first kappa shape index (κ1) is 31.7. The molecular formula is C34H30F4N10O. The lowest BCUT2D eigenvalue weighted by Crippen LogP contribution is -2.46. The number of tetrazole rings is 1. The van der Waals surface area contributed by atoms with Crippen LogP contribution in [0.1, 0.15) is 17.2 Å². The molecule has 250 valence electrons. The summed E-state index contributed by atoms with van der Waals surface area (Å²) in [7, 11) is 1.61. The van der Waals surface area contributed by atoms with E-state index in [2.05, 4.69) is 35.4 Å². The van der Waals surface area contributed by atoms with Gasteiger partial charge in [0.1, 0.15) is 30.0 Å². The molecule has 0 radical (unpaired) electrons. The van der Waals surface area contributed by atoms with E-state index in [1.165, 1.54) is 27.8 Å². The Bertz CT molecular complexity index is 2090. The van der Waals surface area contributed by atoms with Crippen molar-refractivity contribution in [3.8, 4) is 16.8 Å². The van der Waals surface area contributed by atoms with E-state index in [1.54, 1.807) is 13.1 Å². The Labute approximate surface area is 277 Å². The van der Waals surface area contributed by atoms with Crippen LogP contribution in [0.15, 0.2) is 103 Å². The number of halogens is 4. The number of hydrogen-bond donors (Lipinski definition) is 0. The van der Waals surface area contributed by atoms with Crippen LogP contribution < -0.4 is 15.5 Å². The van der Waals surface area contributed by atoms with Gasteiger partial charge in [0.2, 0.25) is 0 Å². The number of alkyl halides is 2. The molecule has 7 rings (SSSR count). The van der Waals surface area contributed by atoms with Crippen molar-refractivity contribution in [2.24, 2.45) is 7.05 Å². The van der Waals surface area contributed by atoms with Gasteiger partial charge < -0.3 is 9.80 Å². The second-order valence-electron chi connectivity index (χ2n) is 11.7. The second kappa shape index (κ2) is 13.0. The Morgan fingerprint density at radius 2 is 1.43 bits per heavy atom. The fraction of sp³-hybridized carbons (Fsp3) is 0.235. The number of piperazine rings is 1. The number of anilines is 2. The zero-order valence-electron chi connectivity index (χ0n) is 26.2. The van der Waals surface area contributed by atoms with Crippen molar-refractivity contribution in [1.29, 1.82) is 0 Å². The topological polar surface area (TPSA) is 103 Å². The molecule has 49 heavy (non-hydrogen) atoms. The Kier molecular flexibility index (Phi) is 8.40. The number of aryl methyl sites for hydroxylation is 1.